The highest BCUT2D eigenvalue weighted by molar-refractivity contribution is 6.32. The van der Waals surface area contributed by atoms with Crippen molar-refractivity contribution < 1.29 is 9.59 Å². The number of ketones is 1. The lowest BCUT2D eigenvalue weighted by molar-refractivity contribution is -0.132. The minimum Gasteiger partial charge on any atom is -0.325 e. The van der Waals surface area contributed by atoms with Crippen LogP contribution in [0.2, 0.25) is 5.02 Å². The van der Waals surface area contributed by atoms with Crippen molar-refractivity contribution in [1.29, 1.82) is 0 Å². The van der Waals surface area contributed by atoms with Crippen LogP contribution < -0.4 is 0 Å². The van der Waals surface area contributed by atoms with E-state index in [2.05, 4.69) is 10.1 Å². The van der Waals surface area contributed by atoms with E-state index >= 15 is 0 Å². The van der Waals surface area contributed by atoms with Crippen LogP contribution in [0.4, 0.5) is 0 Å². The molecule has 1 saturated carbocycles. The summed E-state index contributed by atoms with van der Waals surface area (Å²) in [6.45, 7) is 3.72. The number of Topliss-reactive ketones (excluding diaryl/α,β-unsaturated/α-hetero) is 1. The molecule has 1 fully saturated rings. The first kappa shape index (κ1) is 20.5. The summed E-state index contributed by atoms with van der Waals surface area (Å²) in [6, 6.07) is 9.12. The molecule has 0 saturated heterocycles. The number of hydrogen-bond acceptors (Lipinski definition) is 4. The summed E-state index contributed by atoms with van der Waals surface area (Å²) in [4.78, 5) is 33.4. The second kappa shape index (κ2) is 7.51. The Morgan fingerprint density at radius 3 is 2.67 bits per heavy atom. The summed E-state index contributed by atoms with van der Waals surface area (Å²) < 4.78 is 1.68. The van der Waals surface area contributed by atoms with Crippen molar-refractivity contribution in [2.75, 3.05) is 7.05 Å². The van der Waals surface area contributed by atoms with Gasteiger partial charge in [0.1, 0.15) is 5.54 Å². The Labute approximate surface area is 180 Å². The number of pyridine rings is 1. The quantitative estimate of drug-likeness (QED) is 0.626. The molecule has 1 aliphatic rings. The van der Waals surface area contributed by atoms with Crippen LogP contribution in [0.5, 0.6) is 0 Å². The zero-order chi connectivity index (χ0) is 21.6. The van der Waals surface area contributed by atoms with Crippen molar-refractivity contribution in [2.45, 2.75) is 45.1 Å². The molecule has 4 rings (SSSR count). The van der Waals surface area contributed by atoms with Gasteiger partial charge >= 0.3 is 0 Å². The van der Waals surface area contributed by atoms with Gasteiger partial charge in [-0.25, -0.2) is 4.98 Å². The Kier molecular flexibility index (Phi) is 5.14. The van der Waals surface area contributed by atoms with Gasteiger partial charge < -0.3 is 4.90 Å². The van der Waals surface area contributed by atoms with Gasteiger partial charge in [-0.05, 0) is 45.2 Å². The van der Waals surface area contributed by atoms with Gasteiger partial charge in [-0.1, -0.05) is 29.8 Å². The number of rotatable bonds is 3. The number of nitrogens with zero attached hydrogens (tertiary/aromatic N) is 4. The van der Waals surface area contributed by atoms with E-state index in [1.54, 1.807) is 28.8 Å². The van der Waals surface area contributed by atoms with Crippen LogP contribution in [0, 0.1) is 13.8 Å². The van der Waals surface area contributed by atoms with Gasteiger partial charge in [0.15, 0.2) is 11.4 Å². The molecular weight excluding hydrogens is 400 g/mol. The maximum atomic E-state index is 13.9. The molecule has 30 heavy (non-hydrogen) atoms. The van der Waals surface area contributed by atoms with Crippen LogP contribution >= 0.6 is 11.6 Å². The Balaban J connectivity index is 1.91. The largest absolute Gasteiger partial charge is 0.325 e. The van der Waals surface area contributed by atoms with Crippen LogP contribution in [-0.4, -0.2) is 38.4 Å². The summed E-state index contributed by atoms with van der Waals surface area (Å²) in [5.74, 6) is -0.195. The lowest BCUT2D eigenvalue weighted by Crippen LogP contribution is -2.54. The van der Waals surface area contributed by atoms with Gasteiger partial charge in [0.05, 0.1) is 16.6 Å². The van der Waals surface area contributed by atoms with Crippen LogP contribution in [0.3, 0.4) is 0 Å². The van der Waals surface area contributed by atoms with Gasteiger partial charge in [-0.15, -0.1) is 0 Å². The normalized spacial score (nSPS) is 19.3. The van der Waals surface area contributed by atoms with Crippen LogP contribution in [0.15, 0.2) is 30.3 Å². The van der Waals surface area contributed by atoms with Crippen LogP contribution in [0.25, 0.3) is 11.0 Å². The zero-order valence-corrected chi connectivity index (χ0v) is 18.5. The third kappa shape index (κ3) is 3.01. The number of aromatic nitrogens is 3. The highest BCUT2D eigenvalue weighted by Gasteiger charge is 2.48. The van der Waals surface area contributed by atoms with Gasteiger partial charge in [-0.3, -0.25) is 14.3 Å². The van der Waals surface area contributed by atoms with Crippen LogP contribution in [0.1, 0.15) is 53.0 Å². The number of amides is 1. The first-order valence-corrected chi connectivity index (χ1v) is 10.5. The first-order valence-electron chi connectivity index (χ1n) is 10.1. The van der Waals surface area contributed by atoms with E-state index in [9.17, 15) is 9.59 Å². The Morgan fingerprint density at radius 2 is 1.97 bits per heavy atom. The standard InChI is InChI=1S/C23H25ClN4O2/c1-14-13-16(20-15(2)26-28(4)21(20)25-14)22(30)27(3)23(12-8-7-11-19(23)29)17-9-5-6-10-18(17)24/h5-6,9-10,13H,7-8,11-12H2,1-4H3. The number of benzene rings is 1. The van der Waals surface area contributed by atoms with E-state index < -0.39 is 5.54 Å². The van der Waals surface area contributed by atoms with Gasteiger partial charge in [0, 0.05) is 36.8 Å². The fraction of sp³-hybridized carbons (Fsp3) is 0.391. The van der Waals surface area contributed by atoms with E-state index in [4.69, 9.17) is 11.6 Å². The molecule has 0 aliphatic heterocycles. The number of carbonyl (C=O) groups excluding carboxylic acids is 2. The smallest absolute Gasteiger partial charge is 0.255 e. The highest BCUT2D eigenvalue weighted by atomic mass is 35.5. The van der Waals surface area contributed by atoms with Crippen molar-refractivity contribution in [3.8, 4) is 0 Å². The molecule has 0 radical (unpaired) electrons. The van der Waals surface area contributed by atoms with Crippen LogP contribution in [-0.2, 0) is 17.4 Å². The molecule has 1 atom stereocenters. The molecule has 156 valence electrons. The second-order valence-electron chi connectivity index (χ2n) is 8.05. The van der Waals surface area contributed by atoms with Crippen molar-refractivity contribution >= 4 is 34.3 Å². The third-order valence-electron chi connectivity index (χ3n) is 6.18. The molecule has 0 bridgehead atoms. The molecule has 1 aromatic carbocycles. The lowest BCUT2D eigenvalue weighted by atomic mass is 9.74. The number of hydrogen-bond donors (Lipinski definition) is 0. The average Bonchev–Trinajstić information content (AvgIpc) is 3.01. The second-order valence-corrected chi connectivity index (χ2v) is 8.46. The van der Waals surface area contributed by atoms with Gasteiger partial charge in [0.2, 0.25) is 0 Å². The van der Waals surface area contributed by atoms with Gasteiger partial charge in [-0.2, -0.15) is 5.10 Å². The van der Waals surface area contributed by atoms with Crippen molar-refractivity contribution in [3.05, 3.63) is 57.9 Å². The van der Waals surface area contributed by atoms with Crippen molar-refractivity contribution in [3.63, 3.8) is 0 Å². The Bertz CT molecular complexity index is 1170. The number of likely N-dealkylation sites (N-methyl/N-ethyl adjacent to an activating group) is 1. The van der Waals surface area contributed by atoms with Gasteiger partial charge in [0.25, 0.3) is 5.91 Å². The lowest BCUT2D eigenvalue weighted by Gasteiger charge is -2.44. The molecule has 3 aromatic rings. The number of aryl methyl sites for hydroxylation is 3. The summed E-state index contributed by atoms with van der Waals surface area (Å²) in [6.07, 6.45) is 2.66. The van der Waals surface area contributed by atoms with E-state index in [0.717, 1.165) is 29.6 Å². The molecule has 1 amide bonds. The topological polar surface area (TPSA) is 68.1 Å². The van der Waals surface area contributed by atoms with E-state index in [0.29, 0.717) is 34.6 Å². The molecular formula is C23H25ClN4O2. The molecule has 2 heterocycles. The Hall–Kier alpha value is -2.73. The molecule has 6 nitrogen and oxygen atoms in total. The predicted octanol–water partition coefficient (Wildman–Crippen LogP) is 4.35. The highest BCUT2D eigenvalue weighted by Crippen LogP contribution is 2.43. The van der Waals surface area contributed by atoms with Crippen molar-refractivity contribution in [2.24, 2.45) is 7.05 Å². The molecule has 0 N–H and O–H groups in total. The molecule has 7 heteroatoms. The summed E-state index contributed by atoms with van der Waals surface area (Å²) in [7, 11) is 3.53. The molecule has 0 spiro atoms. The maximum Gasteiger partial charge on any atom is 0.255 e. The number of carbonyl (C=O) groups is 2. The zero-order valence-electron chi connectivity index (χ0n) is 17.7. The predicted molar refractivity (Wildman–Crippen MR) is 117 cm³/mol. The monoisotopic (exact) mass is 424 g/mol. The SMILES string of the molecule is Cc1cc(C(=O)N(C)C2(c3ccccc3Cl)CCCCC2=O)c2c(C)nn(C)c2n1. The fourth-order valence-corrected chi connectivity index (χ4v) is 5.01. The summed E-state index contributed by atoms with van der Waals surface area (Å²) in [5, 5.41) is 5.67. The number of fused-ring (bicyclic) bond motifs is 1. The number of halogens is 1. The third-order valence-corrected chi connectivity index (χ3v) is 6.51. The summed E-state index contributed by atoms with van der Waals surface area (Å²) in [5.41, 5.74) is 2.24. The molecule has 1 aliphatic carbocycles. The average molecular weight is 425 g/mol. The summed E-state index contributed by atoms with van der Waals surface area (Å²) >= 11 is 6.54. The van der Waals surface area contributed by atoms with E-state index in [-0.39, 0.29) is 11.7 Å². The Morgan fingerprint density at radius 1 is 1.23 bits per heavy atom. The van der Waals surface area contributed by atoms with E-state index in [1.165, 1.54) is 0 Å². The minimum atomic E-state index is -1.08. The maximum absolute atomic E-state index is 13.9. The molecule has 2 aromatic heterocycles. The van der Waals surface area contributed by atoms with Crippen molar-refractivity contribution in [1.82, 2.24) is 19.7 Å². The minimum absolute atomic E-state index is 0.0302. The van der Waals surface area contributed by atoms with E-state index in [1.807, 2.05) is 39.1 Å². The fourth-order valence-electron chi connectivity index (χ4n) is 4.72. The molecule has 1 unspecified atom stereocenters. The first-order chi connectivity index (χ1) is 14.3.